The molecule has 0 aromatic heterocycles. The summed E-state index contributed by atoms with van der Waals surface area (Å²) in [4.78, 5) is 23.9. The number of Topliss-reactive ketones (excluding diaryl/α,β-unsaturated/α-hetero) is 1. The molecule has 0 unspecified atom stereocenters. The Hall–Kier alpha value is -2.65. The van der Waals surface area contributed by atoms with Crippen LogP contribution in [0.2, 0.25) is 0 Å². The van der Waals surface area contributed by atoms with E-state index < -0.39 is 23.0 Å². The first-order valence-corrected chi connectivity index (χ1v) is 10.5. The molecule has 1 aromatic carbocycles. The van der Waals surface area contributed by atoms with E-state index in [0.29, 0.717) is 24.3 Å². The summed E-state index contributed by atoms with van der Waals surface area (Å²) >= 11 is 0. The van der Waals surface area contributed by atoms with Gasteiger partial charge in [-0.15, -0.1) is 5.06 Å². The minimum atomic E-state index is -0.832. The molecule has 2 rings (SSSR count). The molecule has 0 fully saturated rings. The molecule has 4 N–H and O–H groups in total. The van der Waals surface area contributed by atoms with Gasteiger partial charge in [-0.25, -0.2) is 5.21 Å². The van der Waals surface area contributed by atoms with Gasteiger partial charge in [0.1, 0.15) is 11.3 Å². The van der Waals surface area contributed by atoms with E-state index in [2.05, 4.69) is 5.32 Å². The molecule has 9 heteroatoms. The highest BCUT2D eigenvalue weighted by molar-refractivity contribution is 5.96. The van der Waals surface area contributed by atoms with Gasteiger partial charge >= 0.3 is 5.84 Å². The van der Waals surface area contributed by atoms with Crippen molar-refractivity contribution in [2.45, 2.75) is 71.0 Å². The van der Waals surface area contributed by atoms with Gasteiger partial charge in [-0.3, -0.25) is 14.3 Å². The lowest BCUT2D eigenvalue weighted by Crippen LogP contribution is -2.53. The van der Waals surface area contributed by atoms with E-state index in [1.54, 1.807) is 52.0 Å². The molecule has 0 bridgehead atoms. The highest BCUT2D eigenvalue weighted by Gasteiger charge is 2.58. The van der Waals surface area contributed by atoms with Gasteiger partial charge in [0, 0.05) is 0 Å². The van der Waals surface area contributed by atoms with Gasteiger partial charge in [0.05, 0.1) is 11.6 Å². The highest BCUT2D eigenvalue weighted by atomic mass is 16.5. The molecule has 0 aliphatic carbocycles. The van der Waals surface area contributed by atoms with E-state index in [0.717, 1.165) is 22.6 Å². The second-order valence-electron chi connectivity index (χ2n) is 8.88. The quantitative estimate of drug-likeness (QED) is 0.291. The summed E-state index contributed by atoms with van der Waals surface area (Å²) in [5.74, 6) is 0.0874. The minimum Gasteiger partial charge on any atom is -0.714 e. The van der Waals surface area contributed by atoms with Crippen LogP contribution in [0.1, 0.15) is 59.4 Å². The Kier molecular flexibility index (Phi) is 7.67. The number of nitrogens with two attached hydrogens (primary N) is 1. The molecule has 1 aromatic rings. The van der Waals surface area contributed by atoms with Crippen molar-refractivity contribution in [3.05, 3.63) is 35.0 Å². The molecule has 0 saturated heterocycles. The lowest BCUT2D eigenvalue weighted by atomic mass is 9.84. The fourth-order valence-corrected chi connectivity index (χ4v) is 3.32. The number of nitrogens with zero attached hydrogens (tertiary/aromatic N) is 2. The normalized spacial score (nSPS) is 18.1. The number of benzene rings is 1. The number of carbonyl (C=O) groups is 2. The summed E-state index contributed by atoms with van der Waals surface area (Å²) < 4.78 is 6.32. The van der Waals surface area contributed by atoms with Crippen LogP contribution < -0.4 is 15.8 Å². The number of hydroxylamine groups is 3. The van der Waals surface area contributed by atoms with Crippen LogP contribution in [0, 0.1) is 5.21 Å². The zero-order chi connectivity index (χ0) is 23.4. The Labute approximate surface area is 183 Å². The zero-order valence-electron chi connectivity index (χ0n) is 19.0. The van der Waals surface area contributed by atoms with Crippen molar-refractivity contribution >= 4 is 17.5 Å². The van der Waals surface area contributed by atoms with E-state index in [9.17, 15) is 20.0 Å². The topological polar surface area (TPSA) is 131 Å². The number of ketones is 1. The molecule has 0 spiro atoms. The fourth-order valence-electron chi connectivity index (χ4n) is 3.32. The number of rotatable bonds is 10. The summed E-state index contributed by atoms with van der Waals surface area (Å²) in [5.41, 5.74) is 4.38. The summed E-state index contributed by atoms with van der Waals surface area (Å²) in [7, 11) is 0. The van der Waals surface area contributed by atoms with Crippen molar-refractivity contribution in [2.75, 3.05) is 13.2 Å². The summed E-state index contributed by atoms with van der Waals surface area (Å²) in [6.45, 7) is 8.89. The standard InChI is InChI=1S/C22H34N4O5/c1-15(27)18(8-6-7-13-23)24-19(28)14-31-17-11-9-16(10-12-17)20-25(29)21(2,3)22(4,5)26(20)30/h9-12,18,29H,6-8,13-14,23H2,1-5H3,(H,24,28)/t18-/m0/s1. The largest absolute Gasteiger partial charge is 0.714 e. The molecular formula is C22H34N4O5. The van der Waals surface area contributed by atoms with Crippen molar-refractivity contribution in [1.82, 2.24) is 10.4 Å². The first-order chi connectivity index (χ1) is 14.4. The monoisotopic (exact) mass is 434 g/mol. The van der Waals surface area contributed by atoms with Crippen LogP contribution in [-0.4, -0.2) is 62.8 Å². The van der Waals surface area contributed by atoms with Gasteiger partial charge < -0.3 is 21.0 Å². The minimum absolute atomic E-state index is 0.107. The molecule has 9 nitrogen and oxygen atoms in total. The SMILES string of the molecule is CC(=O)[C@H](CCCCN)NC(=O)COc1ccc(C2=[N+]([O-])C(C)(C)C(C)(C)N2O)cc1. The third-order valence-corrected chi connectivity index (χ3v) is 6.18. The summed E-state index contributed by atoms with van der Waals surface area (Å²) in [6.07, 6.45) is 2.10. The van der Waals surface area contributed by atoms with Crippen LogP contribution in [-0.2, 0) is 9.59 Å². The third kappa shape index (κ3) is 5.16. The van der Waals surface area contributed by atoms with Gasteiger partial charge in [-0.2, -0.15) is 0 Å². The fraction of sp³-hybridized carbons (Fsp3) is 0.591. The van der Waals surface area contributed by atoms with Crippen LogP contribution in [0.4, 0.5) is 0 Å². The van der Waals surface area contributed by atoms with Gasteiger partial charge in [-0.05, 0) is 84.7 Å². The number of nitrogens with one attached hydrogen (secondary N) is 1. The van der Waals surface area contributed by atoms with Crippen LogP contribution in [0.15, 0.2) is 24.3 Å². The predicted octanol–water partition coefficient (Wildman–Crippen LogP) is 1.79. The Morgan fingerprint density at radius 2 is 1.84 bits per heavy atom. The van der Waals surface area contributed by atoms with E-state index in [1.807, 2.05) is 0 Å². The Morgan fingerprint density at radius 3 is 2.32 bits per heavy atom. The Morgan fingerprint density at radius 1 is 1.23 bits per heavy atom. The molecule has 0 radical (unpaired) electrons. The average Bonchev–Trinajstić information content (AvgIpc) is 2.83. The molecule has 31 heavy (non-hydrogen) atoms. The smallest absolute Gasteiger partial charge is 0.313 e. The molecular weight excluding hydrogens is 400 g/mol. The summed E-state index contributed by atoms with van der Waals surface area (Å²) in [6, 6.07) is 6.01. The van der Waals surface area contributed by atoms with Gasteiger partial charge in [-0.1, -0.05) is 0 Å². The van der Waals surface area contributed by atoms with Crippen LogP contribution in [0.25, 0.3) is 0 Å². The molecule has 1 atom stereocenters. The second-order valence-corrected chi connectivity index (χ2v) is 8.88. The van der Waals surface area contributed by atoms with Crippen LogP contribution in [0.5, 0.6) is 5.75 Å². The van der Waals surface area contributed by atoms with Gasteiger partial charge in [0.2, 0.25) is 0 Å². The number of hydrogen-bond acceptors (Lipinski definition) is 7. The average molecular weight is 435 g/mol. The summed E-state index contributed by atoms with van der Waals surface area (Å²) in [5, 5.41) is 27.0. The van der Waals surface area contributed by atoms with Crippen molar-refractivity contribution < 1.29 is 24.3 Å². The van der Waals surface area contributed by atoms with E-state index in [1.165, 1.54) is 6.92 Å². The van der Waals surface area contributed by atoms with Crippen molar-refractivity contribution in [3.63, 3.8) is 0 Å². The maximum absolute atomic E-state index is 12.8. The van der Waals surface area contributed by atoms with Crippen LogP contribution in [0.3, 0.4) is 0 Å². The molecule has 0 saturated carbocycles. The van der Waals surface area contributed by atoms with E-state index in [4.69, 9.17) is 10.5 Å². The van der Waals surface area contributed by atoms with E-state index >= 15 is 0 Å². The molecule has 1 heterocycles. The van der Waals surface area contributed by atoms with Crippen molar-refractivity contribution in [1.29, 1.82) is 0 Å². The number of amides is 1. The second kappa shape index (κ2) is 9.65. The molecule has 1 aliphatic heterocycles. The number of ether oxygens (including phenoxy) is 1. The van der Waals surface area contributed by atoms with Crippen molar-refractivity contribution in [2.24, 2.45) is 5.73 Å². The van der Waals surface area contributed by atoms with Gasteiger partial charge in [0.15, 0.2) is 17.9 Å². The maximum atomic E-state index is 12.8. The maximum Gasteiger partial charge on any atom is 0.313 e. The first-order valence-electron chi connectivity index (χ1n) is 10.5. The zero-order valence-corrected chi connectivity index (χ0v) is 19.0. The van der Waals surface area contributed by atoms with E-state index in [-0.39, 0.29) is 18.2 Å². The van der Waals surface area contributed by atoms with Crippen molar-refractivity contribution in [3.8, 4) is 5.75 Å². The number of amidine groups is 1. The number of carbonyl (C=O) groups excluding carboxylic acids is 2. The third-order valence-electron chi connectivity index (χ3n) is 6.18. The lowest BCUT2D eigenvalue weighted by Gasteiger charge is -2.33. The highest BCUT2D eigenvalue weighted by Crippen LogP contribution is 2.37. The predicted molar refractivity (Wildman–Crippen MR) is 117 cm³/mol. The Balaban J connectivity index is 2.00. The number of hydrogen-bond donors (Lipinski definition) is 3. The molecule has 1 amide bonds. The number of unbranched alkanes of at least 4 members (excludes halogenated alkanes) is 1. The Bertz CT molecular complexity index is 833. The van der Waals surface area contributed by atoms with Gasteiger partial charge in [0.25, 0.3) is 5.91 Å². The lowest BCUT2D eigenvalue weighted by molar-refractivity contribution is -0.539. The molecule has 172 valence electrons. The first kappa shape index (κ1) is 24.6. The molecule has 1 aliphatic rings. The van der Waals surface area contributed by atoms with Crippen LogP contribution >= 0.6 is 0 Å².